The lowest BCUT2D eigenvalue weighted by Gasteiger charge is -2.38. The summed E-state index contributed by atoms with van der Waals surface area (Å²) in [4.78, 5) is 14.8. The number of anilines is 3. The number of hydrogen-bond acceptors (Lipinski definition) is 9. The van der Waals surface area contributed by atoms with Gasteiger partial charge in [0.25, 0.3) is 0 Å². The van der Waals surface area contributed by atoms with Gasteiger partial charge in [-0.25, -0.2) is 18.4 Å². The number of ether oxygens (including phenoxy) is 1. The SMILES string of the molecule is CC.Cc1nc2c(N=CN(C)C)cc(N3CCOCC3)nn2c1Nc1cccc(C(F)(F)F)c1CN1CC(S(C)(=O)=O)C1. The quantitative estimate of drug-likeness (QED) is 0.293. The number of morpholine rings is 1. The number of nitrogens with one attached hydrogen (secondary N) is 1. The molecule has 0 radical (unpaired) electrons. The van der Waals surface area contributed by atoms with Gasteiger partial charge in [-0.15, -0.1) is 5.10 Å². The van der Waals surface area contributed by atoms with Crippen molar-refractivity contribution in [2.45, 2.75) is 38.7 Å². The van der Waals surface area contributed by atoms with Crippen LogP contribution in [0, 0.1) is 6.92 Å². The molecule has 2 aromatic heterocycles. The Kier molecular flexibility index (Phi) is 9.86. The number of rotatable bonds is 8. The first-order chi connectivity index (χ1) is 20.3. The molecule has 0 amide bonds. The maximum Gasteiger partial charge on any atom is 0.416 e. The van der Waals surface area contributed by atoms with E-state index in [1.165, 1.54) is 6.07 Å². The minimum atomic E-state index is -4.60. The molecule has 15 heteroatoms. The first-order valence-electron chi connectivity index (χ1n) is 14.1. The number of alkyl halides is 3. The fourth-order valence-corrected chi connectivity index (χ4v) is 5.84. The van der Waals surface area contributed by atoms with Crippen LogP contribution in [0.15, 0.2) is 29.3 Å². The molecule has 2 fully saturated rings. The van der Waals surface area contributed by atoms with Crippen LogP contribution in [0.2, 0.25) is 0 Å². The van der Waals surface area contributed by atoms with Crippen LogP contribution >= 0.6 is 0 Å². The van der Waals surface area contributed by atoms with Crippen LogP contribution < -0.4 is 10.2 Å². The molecule has 43 heavy (non-hydrogen) atoms. The highest BCUT2D eigenvalue weighted by Gasteiger charge is 2.38. The number of sulfone groups is 1. The van der Waals surface area contributed by atoms with Crippen LogP contribution in [0.5, 0.6) is 0 Å². The number of benzene rings is 1. The van der Waals surface area contributed by atoms with E-state index < -0.39 is 26.8 Å². The molecule has 1 N–H and O–H groups in total. The number of fused-ring (bicyclic) bond motifs is 1. The number of aromatic nitrogens is 3. The lowest BCUT2D eigenvalue weighted by Crippen LogP contribution is -2.53. The molecule has 0 bridgehead atoms. The van der Waals surface area contributed by atoms with Crippen molar-refractivity contribution in [1.82, 2.24) is 24.4 Å². The number of halogens is 3. The minimum absolute atomic E-state index is 0.0245. The monoisotopic (exact) mass is 624 g/mol. The summed E-state index contributed by atoms with van der Waals surface area (Å²) in [6, 6.07) is 5.81. The number of imidazole rings is 1. The molecule has 0 aliphatic carbocycles. The van der Waals surface area contributed by atoms with Gasteiger partial charge in [0.2, 0.25) is 0 Å². The second kappa shape index (κ2) is 13.1. The molecule has 0 spiro atoms. The summed E-state index contributed by atoms with van der Waals surface area (Å²) in [5.74, 6) is 1.05. The molecular weight excluding hydrogens is 585 g/mol. The molecule has 2 saturated heterocycles. The second-order valence-corrected chi connectivity index (χ2v) is 12.9. The highest BCUT2D eigenvalue weighted by Crippen LogP contribution is 2.38. The number of nitrogens with zero attached hydrogens (tertiary/aromatic N) is 7. The van der Waals surface area contributed by atoms with Crippen LogP contribution in [-0.4, -0.2) is 104 Å². The molecule has 11 nitrogen and oxygen atoms in total. The summed E-state index contributed by atoms with van der Waals surface area (Å²) in [7, 11) is 0.430. The Balaban J connectivity index is 0.00000207. The summed E-state index contributed by atoms with van der Waals surface area (Å²) in [5.41, 5.74) is 1.02. The van der Waals surface area contributed by atoms with Gasteiger partial charge in [0.1, 0.15) is 5.69 Å². The molecule has 0 unspecified atom stereocenters. The first kappa shape index (κ1) is 32.5. The van der Waals surface area contributed by atoms with Gasteiger partial charge in [-0.2, -0.15) is 17.7 Å². The van der Waals surface area contributed by atoms with Crippen LogP contribution in [0.3, 0.4) is 0 Å². The molecule has 0 saturated carbocycles. The van der Waals surface area contributed by atoms with Gasteiger partial charge in [-0.05, 0) is 19.1 Å². The molecule has 4 heterocycles. The lowest BCUT2D eigenvalue weighted by molar-refractivity contribution is -0.138. The van der Waals surface area contributed by atoms with E-state index in [0.29, 0.717) is 55.0 Å². The first-order valence-corrected chi connectivity index (χ1v) is 16.1. The van der Waals surface area contributed by atoms with Gasteiger partial charge in [-0.3, -0.25) is 4.90 Å². The highest BCUT2D eigenvalue weighted by atomic mass is 32.2. The summed E-state index contributed by atoms with van der Waals surface area (Å²) >= 11 is 0. The van der Waals surface area contributed by atoms with Crippen molar-refractivity contribution in [3.05, 3.63) is 41.1 Å². The average molecular weight is 625 g/mol. The maximum atomic E-state index is 14.1. The van der Waals surface area contributed by atoms with Crippen molar-refractivity contribution < 1.29 is 26.3 Å². The lowest BCUT2D eigenvalue weighted by atomic mass is 10.0. The Bertz CT molecular complexity index is 1560. The zero-order valence-corrected chi connectivity index (χ0v) is 26.1. The summed E-state index contributed by atoms with van der Waals surface area (Å²) in [5, 5.41) is 7.40. The molecule has 2 aliphatic heterocycles. The molecule has 0 atom stereocenters. The highest BCUT2D eigenvalue weighted by molar-refractivity contribution is 7.91. The predicted molar refractivity (Wildman–Crippen MR) is 163 cm³/mol. The fourth-order valence-electron chi connectivity index (χ4n) is 4.88. The Morgan fingerprint density at radius 2 is 1.86 bits per heavy atom. The Morgan fingerprint density at radius 3 is 2.47 bits per heavy atom. The van der Waals surface area contributed by atoms with Crippen molar-refractivity contribution in [3.8, 4) is 0 Å². The molecule has 236 valence electrons. The minimum Gasteiger partial charge on any atom is -0.378 e. The topological polar surface area (TPSA) is 108 Å². The predicted octanol–water partition coefficient (Wildman–Crippen LogP) is 4.11. The third-order valence-corrected chi connectivity index (χ3v) is 8.64. The smallest absolute Gasteiger partial charge is 0.378 e. The van der Waals surface area contributed by atoms with Crippen molar-refractivity contribution in [1.29, 1.82) is 0 Å². The van der Waals surface area contributed by atoms with Crippen molar-refractivity contribution in [2.75, 3.05) is 70.0 Å². The van der Waals surface area contributed by atoms with Gasteiger partial charge < -0.3 is 19.9 Å². The van der Waals surface area contributed by atoms with Gasteiger partial charge in [0, 0.05) is 70.4 Å². The van der Waals surface area contributed by atoms with Crippen LogP contribution in [0.1, 0.15) is 30.7 Å². The standard InChI is InChI=1S/C26H33F3N8O3S.C2H6/c1-17-24(37-25(31-17)22(30-16-34(2)3)12-23(33-37)36-8-10-40-11-9-36)32-21-7-5-6-20(26(27,28)29)19(21)15-35-13-18(14-35)41(4,38)39;1-2/h5-7,12,16,18,32H,8-11,13-15H2,1-4H3;1-2H3. The van der Waals surface area contributed by atoms with Crippen molar-refractivity contribution in [2.24, 2.45) is 4.99 Å². The molecular formula is C28H39F3N8O3S. The Hall–Kier alpha value is -3.43. The zero-order valence-electron chi connectivity index (χ0n) is 25.3. The number of likely N-dealkylation sites (tertiary alicyclic amines) is 1. The number of aryl methyl sites for hydroxylation is 1. The van der Waals surface area contributed by atoms with Gasteiger partial charge in [0.05, 0.1) is 36.1 Å². The van der Waals surface area contributed by atoms with E-state index in [1.807, 2.05) is 34.0 Å². The summed E-state index contributed by atoms with van der Waals surface area (Å²) < 4.78 is 73.2. The van der Waals surface area contributed by atoms with Gasteiger partial charge in [0.15, 0.2) is 27.1 Å². The zero-order chi connectivity index (χ0) is 31.5. The van der Waals surface area contributed by atoms with E-state index in [1.54, 1.807) is 33.6 Å². The van der Waals surface area contributed by atoms with E-state index in [0.717, 1.165) is 12.3 Å². The Morgan fingerprint density at radius 1 is 1.19 bits per heavy atom. The largest absolute Gasteiger partial charge is 0.416 e. The molecule has 1 aromatic carbocycles. The van der Waals surface area contributed by atoms with Crippen LogP contribution in [0.25, 0.3) is 5.65 Å². The molecule has 5 rings (SSSR count). The number of hydrogen-bond donors (Lipinski definition) is 1. The van der Waals surface area contributed by atoms with Gasteiger partial charge in [-0.1, -0.05) is 19.9 Å². The normalized spacial score (nSPS) is 16.7. The van der Waals surface area contributed by atoms with E-state index in [4.69, 9.17) is 9.84 Å². The van der Waals surface area contributed by atoms with E-state index in [2.05, 4.69) is 20.2 Å². The Labute approximate surface area is 250 Å². The van der Waals surface area contributed by atoms with Gasteiger partial charge >= 0.3 is 6.18 Å². The second-order valence-electron chi connectivity index (χ2n) is 10.6. The summed E-state index contributed by atoms with van der Waals surface area (Å²) in [6.07, 6.45) is -1.80. The van der Waals surface area contributed by atoms with E-state index in [9.17, 15) is 21.6 Å². The molecule has 3 aromatic rings. The maximum absolute atomic E-state index is 14.1. The van der Waals surface area contributed by atoms with Crippen molar-refractivity contribution in [3.63, 3.8) is 0 Å². The fraction of sp³-hybridized carbons (Fsp3) is 0.536. The summed E-state index contributed by atoms with van der Waals surface area (Å²) in [6.45, 7) is 8.41. The number of aliphatic imine (C=N–C) groups is 1. The van der Waals surface area contributed by atoms with Crippen LogP contribution in [-0.2, 0) is 27.3 Å². The average Bonchev–Trinajstić information content (AvgIpc) is 3.24. The third kappa shape index (κ3) is 7.39. The third-order valence-electron chi connectivity index (χ3n) is 7.13. The van der Waals surface area contributed by atoms with Crippen LogP contribution in [0.4, 0.5) is 36.2 Å². The van der Waals surface area contributed by atoms with Crippen molar-refractivity contribution >= 4 is 44.8 Å². The van der Waals surface area contributed by atoms with E-state index in [-0.39, 0.29) is 30.9 Å². The molecule has 2 aliphatic rings. The van der Waals surface area contributed by atoms with E-state index >= 15 is 0 Å².